The van der Waals surface area contributed by atoms with Gasteiger partial charge in [0.05, 0.1) is 19.3 Å². The number of nitrogens with zero attached hydrogens (tertiary/aromatic N) is 1. The molecule has 1 aromatic rings. The Labute approximate surface area is 172 Å². The van der Waals surface area contributed by atoms with Crippen molar-refractivity contribution in [1.29, 1.82) is 0 Å². The van der Waals surface area contributed by atoms with Crippen molar-refractivity contribution in [2.75, 3.05) is 18.7 Å². The molecule has 1 aromatic heterocycles. The van der Waals surface area contributed by atoms with E-state index in [4.69, 9.17) is 23.9 Å². The number of fused-ring (bicyclic) bond motifs is 1. The summed E-state index contributed by atoms with van der Waals surface area (Å²) in [7, 11) is -16.6. The third kappa shape index (κ3) is 6.49. The van der Waals surface area contributed by atoms with Crippen molar-refractivity contribution in [2.45, 2.75) is 30.7 Å². The molecule has 0 bridgehead atoms. The second-order valence-corrected chi connectivity index (χ2v) is 10.8. The Kier molecular flexibility index (Phi) is 7.21. The number of phosphoric ester groups is 1. The molecule has 0 amide bonds. The van der Waals surface area contributed by atoms with E-state index in [9.17, 15) is 33.4 Å². The normalized spacial score (nSPS) is 30.1. The molecule has 3 heterocycles. The fourth-order valence-corrected chi connectivity index (χ4v) is 6.34. The molecular formula is C11H18N3O14P3. The summed E-state index contributed by atoms with van der Waals surface area (Å²) in [6, 6.07) is 0. The van der Waals surface area contributed by atoms with Crippen LogP contribution in [0.2, 0.25) is 0 Å². The number of anilines is 1. The number of ether oxygens (including phenoxy) is 1. The van der Waals surface area contributed by atoms with Crippen LogP contribution in [0.25, 0.3) is 0 Å². The highest BCUT2D eigenvalue weighted by atomic mass is 31.3. The van der Waals surface area contributed by atoms with E-state index >= 15 is 0 Å². The minimum atomic E-state index is -5.69. The minimum Gasteiger partial charge on any atom is -0.394 e. The number of nitrogens with one attached hydrogen (secondary N) is 2. The number of hydrogen-bond donors (Lipinski definition) is 7. The Morgan fingerprint density at radius 2 is 1.87 bits per heavy atom. The fraction of sp³-hybridized carbons (Fsp3) is 0.636. The summed E-state index contributed by atoms with van der Waals surface area (Å²) in [6.07, 6.45) is -2.15. The van der Waals surface area contributed by atoms with Gasteiger partial charge >= 0.3 is 29.2 Å². The minimum absolute atomic E-state index is 0.0332. The molecule has 176 valence electrons. The molecule has 2 aliphatic rings. The molecule has 0 aromatic carbocycles. The Morgan fingerprint density at radius 3 is 2.52 bits per heavy atom. The summed E-state index contributed by atoms with van der Waals surface area (Å²) in [5.41, 5.74) is 2.36. The number of H-pyrrole nitrogens is 1. The molecule has 3 rings (SSSR count). The highest BCUT2D eigenvalue weighted by Crippen LogP contribution is 2.67. The Bertz CT molecular complexity index is 1010. The van der Waals surface area contributed by atoms with E-state index in [0.29, 0.717) is 5.56 Å². The Hall–Kier alpha value is -1.03. The lowest BCUT2D eigenvalue weighted by atomic mass is 9.92. The first-order valence-electron chi connectivity index (χ1n) is 8.34. The van der Waals surface area contributed by atoms with Crippen LogP contribution in [-0.4, -0.2) is 66.2 Å². The molecule has 7 N–H and O–H groups in total. The first-order valence-corrected chi connectivity index (χ1v) is 12.9. The number of aliphatic hydroxyl groups is 1. The predicted octanol–water partition coefficient (Wildman–Crippen LogP) is -0.928. The van der Waals surface area contributed by atoms with E-state index < -0.39 is 60.0 Å². The van der Waals surface area contributed by atoms with Gasteiger partial charge in [0.25, 0.3) is 0 Å². The molecule has 0 spiro atoms. The fourth-order valence-electron chi connectivity index (χ4n) is 3.12. The van der Waals surface area contributed by atoms with Crippen LogP contribution in [-0.2, 0) is 36.4 Å². The maximum absolute atomic E-state index is 12.1. The van der Waals surface area contributed by atoms with Crippen molar-refractivity contribution >= 4 is 29.3 Å². The lowest BCUT2D eigenvalue weighted by Gasteiger charge is -2.29. The lowest BCUT2D eigenvalue weighted by Crippen LogP contribution is -2.32. The highest BCUT2D eigenvalue weighted by Gasteiger charge is 2.47. The van der Waals surface area contributed by atoms with Crippen molar-refractivity contribution in [3.63, 3.8) is 0 Å². The Balaban J connectivity index is 1.73. The molecule has 20 heteroatoms. The number of hydrogen-bond acceptors (Lipinski definition) is 12. The third-order valence-corrected chi connectivity index (χ3v) is 8.08. The molecular weight excluding hydrogens is 491 g/mol. The Morgan fingerprint density at radius 1 is 1.16 bits per heavy atom. The maximum atomic E-state index is 12.1. The van der Waals surface area contributed by atoms with Gasteiger partial charge in [0, 0.05) is 24.1 Å². The SMILES string of the molecule is O=c1ncc2c([nH]1)NOCC2[C@H]1C[C@H](OP(=O)(O)OP(=O)(O)OP(=O)(O)O)[C@@H](CO)O1. The molecule has 3 unspecified atom stereocenters. The first kappa shape index (κ1) is 24.6. The van der Waals surface area contributed by atoms with Crippen LogP contribution < -0.4 is 11.2 Å². The van der Waals surface area contributed by atoms with Crippen LogP contribution in [0.5, 0.6) is 0 Å². The highest BCUT2D eigenvalue weighted by molar-refractivity contribution is 7.66. The molecule has 2 aliphatic heterocycles. The van der Waals surface area contributed by atoms with Gasteiger partial charge in [0.1, 0.15) is 18.0 Å². The molecule has 0 saturated carbocycles. The second kappa shape index (κ2) is 9.08. The predicted molar refractivity (Wildman–Crippen MR) is 96.3 cm³/mol. The summed E-state index contributed by atoms with van der Waals surface area (Å²) in [6.45, 7) is -0.648. The van der Waals surface area contributed by atoms with E-state index in [-0.39, 0.29) is 18.8 Å². The molecule has 17 nitrogen and oxygen atoms in total. The first-order chi connectivity index (χ1) is 14.3. The molecule has 31 heavy (non-hydrogen) atoms. The van der Waals surface area contributed by atoms with Gasteiger partial charge in [-0.25, -0.2) is 23.5 Å². The third-order valence-electron chi connectivity index (χ3n) is 4.22. The summed E-state index contributed by atoms with van der Waals surface area (Å²) < 4.78 is 52.0. The number of aromatic amines is 1. The van der Waals surface area contributed by atoms with Crippen LogP contribution in [0.1, 0.15) is 17.9 Å². The molecule has 0 radical (unpaired) electrons. The van der Waals surface area contributed by atoms with Gasteiger partial charge < -0.3 is 29.4 Å². The maximum Gasteiger partial charge on any atom is 0.490 e. The standard InChI is InChI=1S/C11H18N3O14P3/c15-3-9-8(26-30(20,21)28-31(22,23)27-29(17,18)19)1-7(25-9)6-4-24-14-10-5(6)2-12-11(16)13-10/h2,6-9,15H,1,3-4H2,(H,20,21)(H,22,23)(H2,17,18,19)(H2,12,13,14,16)/t6?,7-,8+,9-/m1/s1. The lowest BCUT2D eigenvalue weighted by molar-refractivity contribution is -0.0368. The van der Waals surface area contributed by atoms with Gasteiger partial charge in [0.2, 0.25) is 0 Å². The average molecular weight is 509 g/mol. The molecule has 1 saturated heterocycles. The summed E-state index contributed by atoms with van der Waals surface area (Å²) in [5, 5.41) is 9.51. The zero-order valence-electron chi connectivity index (χ0n) is 15.2. The summed E-state index contributed by atoms with van der Waals surface area (Å²) in [5.74, 6) is -0.332. The number of aliphatic hydroxyl groups excluding tert-OH is 1. The van der Waals surface area contributed by atoms with Crippen molar-refractivity contribution in [3.8, 4) is 0 Å². The monoisotopic (exact) mass is 509 g/mol. The average Bonchev–Trinajstić information content (AvgIpc) is 2.99. The van der Waals surface area contributed by atoms with Gasteiger partial charge in [-0.1, -0.05) is 0 Å². The van der Waals surface area contributed by atoms with Crippen molar-refractivity contribution in [3.05, 3.63) is 22.2 Å². The number of aromatic nitrogens is 2. The van der Waals surface area contributed by atoms with Gasteiger partial charge in [0.15, 0.2) is 0 Å². The quantitative estimate of drug-likeness (QED) is 0.209. The van der Waals surface area contributed by atoms with Crippen LogP contribution in [0.4, 0.5) is 5.82 Å². The van der Waals surface area contributed by atoms with E-state index in [1.54, 1.807) is 0 Å². The molecule has 1 fully saturated rings. The van der Waals surface area contributed by atoms with Crippen molar-refractivity contribution in [2.24, 2.45) is 0 Å². The topological polar surface area (TPSA) is 256 Å². The number of phosphoric acid groups is 3. The van der Waals surface area contributed by atoms with Crippen LogP contribution >= 0.6 is 23.5 Å². The molecule has 0 aliphatic carbocycles. The smallest absolute Gasteiger partial charge is 0.394 e. The number of rotatable bonds is 8. The largest absolute Gasteiger partial charge is 0.490 e. The second-order valence-electron chi connectivity index (χ2n) is 6.40. The zero-order chi connectivity index (χ0) is 23.0. The summed E-state index contributed by atoms with van der Waals surface area (Å²) in [4.78, 5) is 58.6. The molecule has 6 atom stereocenters. The van der Waals surface area contributed by atoms with E-state index in [1.165, 1.54) is 6.20 Å². The van der Waals surface area contributed by atoms with Crippen LogP contribution in [0, 0.1) is 0 Å². The van der Waals surface area contributed by atoms with Gasteiger partial charge in [-0.05, 0) is 0 Å². The van der Waals surface area contributed by atoms with Crippen molar-refractivity contribution in [1.82, 2.24) is 9.97 Å². The van der Waals surface area contributed by atoms with E-state index in [1.807, 2.05) is 0 Å². The summed E-state index contributed by atoms with van der Waals surface area (Å²) >= 11 is 0. The van der Waals surface area contributed by atoms with Gasteiger partial charge in [-0.3, -0.25) is 19.8 Å². The van der Waals surface area contributed by atoms with Crippen LogP contribution in [0.15, 0.2) is 11.0 Å². The van der Waals surface area contributed by atoms with Gasteiger partial charge in [-0.15, -0.1) is 0 Å². The van der Waals surface area contributed by atoms with Crippen molar-refractivity contribution < 1.29 is 61.1 Å². The van der Waals surface area contributed by atoms with E-state index in [0.717, 1.165) is 0 Å². The zero-order valence-corrected chi connectivity index (χ0v) is 17.9. The van der Waals surface area contributed by atoms with Crippen LogP contribution in [0.3, 0.4) is 0 Å². The van der Waals surface area contributed by atoms with Gasteiger partial charge in [-0.2, -0.15) is 8.62 Å². The van der Waals surface area contributed by atoms with E-state index in [2.05, 4.69) is 24.1 Å².